The monoisotopic (exact) mass is 158 g/mol. The molecule has 1 aliphatic carbocycles. The SMILES string of the molecule is CCOC1CCC(N)CC1N. The van der Waals surface area contributed by atoms with Gasteiger partial charge < -0.3 is 16.2 Å². The first kappa shape index (κ1) is 8.97. The molecule has 0 spiro atoms. The van der Waals surface area contributed by atoms with Crippen LogP contribution in [-0.2, 0) is 4.74 Å². The summed E-state index contributed by atoms with van der Waals surface area (Å²) in [7, 11) is 0. The van der Waals surface area contributed by atoms with E-state index >= 15 is 0 Å². The molecule has 11 heavy (non-hydrogen) atoms. The molecule has 0 aromatic rings. The predicted molar refractivity (Wildman–Crippen MR) is 45.2 cm³/mol. The molecular weight excluding hydrogens is 140 g/mol. The van der Waals surface area contributed by atoms with Crippen LogP contribution in [0.5, 0.6) is 0 Å². The molecule has 3 heteroatoms. The lowest BCUT2D eigenvalue weighted by atomic mass is 9.90. The molecule has 0 aromatic heterocycles. The topological polar surface area (TPSA) is 61.3 Å². The smallest absolute Gasteiger partial charge is 0.0726 e. The van der Waals surface area contributed by atoms with E-state index in [1.165, 1.54) is 0 Å². The molecule has 4 N–H and O–H groups in total. The fraction of sp³-hybridized carbons (Fsp3) is 1.00. The van der Waals surface area contributed by atoms with Crippen molar-refractivity contribution in [3.05, 3.63) is 0 Å². The molecule has 3 nitrogen and oxygen atoms in total. The molecule has 0 aromatic carbocycles. The largest absolute Gasteiger partial charge is 0.377 e. The van der Waals surface area contributed by atoms with Crippen LogP contribution in [0.2, 0.25) is 0 Å². The molecule has 0 radical (unpaired) electrons. The van der Waals surface area contributed by atoms with E-state index in [9.17, 15) is 0 Å². The minimum Gasteiger partial charge on any atom is -0.377 e. The summed E-state index contributed by atoms with van der Waals surface area (Å²) in [5.41, 5.74) is 11.6. The summed E-state index contributed by atoms with van der Waals surface area (Å²) in [5.74, 6) is 0. The Morgan fingerprint density at radius 1 is 1.36 bits per heavy atom. The van der Waals surface area contributed by atoms with Gasteiger partial charge in [0.15, 0.2) is 0 Å². The Balaban J connectivity index is 2.31. The van der Waals surface area contributed by atoms with Crippen LogP contribution in [0, 0.1) is 0 Å². The third kappa shape index (κ3) is 2.43. The summed E-state index contributed by atoms with van der Waals surface area (Å²) in [4.78, 5) is 0. The summed E-state index contributed by atoms with van der Waals surface area (Å²) in [6, 6.07) is 0.445. The normalized spacial score (nSPS) is 39.0. The maximum absolute atomic E-state index is 5.85. The molecule has 0 heterocycles. The Labute approximate surface area is 68.1 Å². The van der Waals surface area contributed by atoms with Gasteiger partial charge in [0.2, 0.25) is 0 Å². The quantitative estimate of drug-likeness (QED) is 0.604. The first-order chi connectivity index (χ1) is 5.24. The summed E-state index contributed by atoms with van der Waals surface area (Å²) in [5, 5.41) is 0. The molecule has 0 saturated heterocycles. The van der Waals surface area contributed by atoms with Crippen molar-refractivity contribution < 1.29 is 4.74 Å². The van der Waals surface area contributed by atoms with Gasteiger partial charge in [-0.25, -0.2) is 0 Å². The zero-order chi connectivity index (χ0) is 8.27. The van der Waals surface area contributed by atoms with E-state index in [0.29, 0.717) is 6.04 Å². The van der Waals surface area contributed by atoms with Crippen LogP contribution in [0.25, 0.3) is 0 Å². The highest BCUT2D eigenvalue weighted by molar-refractivity contribution is 4.84. The van der Waals surface area contributed by atoms with Crippen molar-refractivity contribution in [3.63, 3.8) is 0 Å². The van der Waals surface area contributed by atoms with Crippen molar-refractivity contribution in [2.45, 2.75) is 44.4 Å². The maximum atomic E-state index is 5.85. The lowest BCUT2D eigenvalue weighted by Crippen LogP contribution is -2.46. The minimum absolute atomic E-state index is 0.152. The molecule has 0 bridgehead atoms. The second-order valence-corrected chi connectivity index (χ2v) is 3.23. The zero-order valence-corrected chi connectivity index (χ0v) is 7.12. The molecule has 3 atom stereocenters. The van der Waals surface area contributed by atoms with Crippen molar-refractivity contribution in [2.75, 3.05) is 6.61 Å². The summed E-state index contributed by atoms with van der Waals surface area (Å²) in [6.45, 7) is 2.76. The minimum atomic E-state index is 0.152. The fourth-order valence-electron chi connectivity index (χ4n) is 1.63. The van der Waals surface area contributed by atoms with Crippen molar-refractivity contribution in [3.8, 4) is 0 Å². The second-order valence-electron chi connectivity index (χ2n) is 3.23. The van der Waals surface area contributed by atoms with Gasteiger partial charge >= 0.3 is 0 Å². The number of nitrogens with two attached hydrogens (primary N) is 2. The Kier molecular flexibility index (Phi) is 3.30. The number of ether oxygens (including phenoxy) is 1. The van der Waals surface area contributed by atoms with Crippen LogP contribution in [0.15, 0.2) is 0 Å². The van der Waals surface area contributed by atoms with Gasteiger partial charge in [-0.3, -0.25) is 0 Å². The first-order valence-corrected chi connectivity index (χ1v) is 4.36. The number of hydrogen-bond donors (Lipinski definition) is 2. The molecule has 1 fully saturated rings. The van der Waals surface area contributed by atoms with Crippen LogP contribution in [0.1, 0.15) is 26.2 Å². The van der Waals surface area contributed by atoms with Gasteiger partial charge in [0, 0.05) is 18.7 Å². The average Bonchev–Trinajstić information content (AvgIpc) is 1.95. The van der Waals surface area contributed by atoms with Crippen molar-refractivity contribution in [1.82, 2.24) is 0 Å². The fourth-order valence-corrected chi connectivity index (χ4v) is 1.63. The van der Waals surface area contributed by atoms with Gasteiger partial charge in [-0.15, -0.1) is 0 Å². The van der Waals surface area contributed by atoms with Crippen molar-refractivity contribution in [2.24, 2.45) is 11.5 Å². The van der Waals surface area contributed by atoms with E-state index in [2.05, 4.69) is 0 Å². The maximum Gasteiger partial charge on any atom is 0.0726 e. The van der Waals surface area contributed by atoms with Gasteiger partial charge in [0.1, 0.15) is 0 Å². The Hall–Kier alpha value is -0.120. The molecule has 0 amide bonds. The third-order valence-electron chi connectivity index (χ3n) is 2.26. The summed E-state index contributed by atoms with van der Waals surface area (Å²) >= 11 is 0. The first-order valence-electron chi connectivity index (χ1n) is 4.36. The van der Waals surface area contributed by atoms with E-state index < -0.39 is 0 Å². The molecular formula is C8H18N2O. The summed E-state index contributed by atoms with van der Waals surface area (Å²) in [6.07, 6.45) is 3.24. The molecule has 1 rings (SSSR count). The van der Waals surface area contributed by atoms with E-state index in [1.807, 2.05) is 6.92 Å². The van der Waals surface area contributed by atoms with E-state index in [4.69, 9.17) is 16.2 Å². The van der Waals surface area contributed by atoms with Crippen LogP contribution >= 0.6 is 0 Å². The zero-order valence-electron chi connectivity index (χ0n) is 7.12. The van der Waals surface area contributed by atoms with Crippen LogP contribution < -0.4 is 11.5 Å². The molecule has 1 saturated carbocycles. The number of rotatable bonds is 2. The van der Waals surface area contributed by atoms with Gasteiger partial charge in [0.25, 0.3) is 0 Å². The van der Waals surface area contributed by atoms with Gasteiger partial charge in [-0.05, 0) is 26.2 Å². The molecule has 66 valence electrons. The van der Waals surface area contributed by atoms with Gasteiger partial charge in [-0.1, -0.05) is 0 Å². The predicted octanol–water partition coefficient (Wildman–Crippen LogP) is 0.230. The van der Waals surface area contributed by atoms with Crippen LogP contribution in [-0.4, -0.2) is 24.8 Å². The highest BCUT2D eigenvalue weighted by Crippen LogP contribution is 2.18. The highest BCUT2D eigenvalue weighted by atomic mass is 16.5. The number of hydrogen-bond acceptors (Lipinski definition) is 3. The van der Waals surface area contributed by atoms with E-state index in [-0.39, 0.29) is 12.1 Å². The van der Waals surface area contributed by atoms with Crippen LogP contribution in [0.4, 0.5) is 0 Å². The lowest BCUT2D eigenvalue weighted by molar-refractivity contribution is 0.0191. The lowest BCUT2D eigenvalue weighted by Gasteiger charge is -2.31. The van der Waals surface area contributed by atoms with Crippen molar-refractivity contribution in [1.29, 1.82) is 0 Å². The third-order valence-corrected chi connectivity index (χ3v) is 2.26. The molecule has 1 aliphatic rings. The van der Waals surface area contributed by atoms with E-state index in [1.54, 1.807) is 0 Å². The summed E-state index contributed by atoms with van der Waals surface area (Å²) < 4.78 is 5.46. The second kappa shape index (κ2) is 4.04. The molecule has 0 aliphatic heterocycles. The van der Waals surface area contributed by atoms with E-state index in [0.717, 1.165) is 25.9 Å². The average molecular weight is 158 g/mol. The standard InChI is InChI=1S/C8H18N2O/c1-2-11-8-4-3-6(9)5-7(8)10/h6-8H,2-5,9-10H2,1H3. The highest BCUT2D eigenvalue weighted by Gasteiger charge is 2.25. The Morgan fingerprint density at radius 2 is 2.09 bits per heavy atom. The van der Waals surface area contributed by atoms with Gasteiger partial charge in [-0.2, -0.15) is 0 Å². The van der Waals surface area contributed by atoms with Gasteiger partial charge in [0.05, 0.1) is 6.10 Å². The Morgan fingerprint density at radius 3 is 2.64 bits per heavy atom. The molecule has 3 unspecified atom stereocenters. The van der Waals surface area contributed by atoms with Crippen LogP contribution in [0.3, 0.4) is 0 Å². The Bertz CT molecular complexity index is 119. The van der Waals surface area contributed by atoms with Crippen molar-refractivity contribution >= 4 is 0 Å².